The number of amides is 2. The van der Waals surface area contributed by atoms with Gasteiger partial charge in [-0.3, -0.25) is 9.59 Å². The number of fused-ring (bicyclic) bond motifs is 3. The summed E-state index contributed by atoms with van der Waals surface area (Å²) in [5, 5.41) is 13.4. The Morgan fingerprint density at radius 2 is 1.62 bits per heavy atom. The molecule has 0 spiro atoms. The maximum absolute atomic E-state index is 13.1. The van der Waals surface area contributed by atoms with Gasteiger partial charge < -0.3 is 20.5 Å². The minimum Gasteiger partial charge on any atom is -0.481 e. The Balaban J connectivity index is 1.59. The number of carboxylic acid groups (broad SMARTS) is 1. The zero-order chi connectivity index (χ0) is 24.9. The number of carbonyl (C=O) groups is 3. The normalized spacial score (nSPS) is 15.1. The molecule has 0 heterocycles. The van der Waals surface area contributed by atoms with Gasteiger partial charge in [0.1, 0.15) is 12.6 Å². The highest BCUT2D eigenvalue weighted by atomic mass is 19.3. The lowest BCUT2D eigenvalue weighted by atomic mass is 9.86. The van der Waals surface area contributed by atoms with Gasteiger partial charge in [-0.25, -0.2) is 13.6 Å². The molecule has 2 aromatic rings. The lowest BCUT2D eigenvalue weighted by Crippen LogP contribution is -2.51. The van der Waals surface area contributed by atoms with E-state index in [0.29, 0.717) is 0 Å². The molecule has 0 radical (unpaired) electrons. The summed E-state index contributed by atoms with van der Waals surface area (Å²) >= 11 is 0. The maximum atomic E-state index is 13.1. The summed E-state index contributed by atoms with van der Waals surface area (Å²) in [6.07, 6.45) is -4.43. The quantitative estimate of drug-likeness (QED) is 0.480. The summed E-state index contributed by atoms with van der Waals surface area (Å²) in [5.41, 5.74) is 3.09. The Morgan fingerprint density at radius 1 is 1.06 bits per heavy atom. The number of alkyl carbamates (subject to hydrolysis) is 1. The van der Waals surface area contributed by atoms with Gasteiger partial charge in [-0.1, -0.05) is 55.5 Å². The summed E-state index contributed by atoms with van der Waals surface area (Å²) in [6, 6.07) is 14.0. The number of hydrogen-bond donors (Lipinski definition) is 3. The first-order chi connectivity index (χ1) is 16.2. The molecule has 0 bridgehead atoms. The molecular formula is C25H28F2N2O5. The number of benzene rings is 2. The smallest absolute Gasteiger partial charge is 0.407 e. The van der Waals surface area contributed by atoms with Crippen molar-refractivity contribution < 1.29 is 33.0 Å². The minimum absolute atomic E-state index is 0.0982. The van der Waals surface area contributed by atoms with Crippen molar-refractivity contribution in [2.45, 2.75) is 45.1 Å². The van der Waals surface area contributed by atoms with Crippen LogP contribution in [0, 0.1) is 5.41 Å². The van der Waals surface area contributed by atoms with Crippen molar-refractivity contribution in [2.75, 3.05) is 13.2 Å². The molecule has 2 amide bonds. The van der Waals surface area contributed by atoms with Crippen LogP contribution in [0.3, 0.4) is 0 Å². The Labute approximate surface area is 196 Å². The van der Waals surface area contributed by atoms with Crippen molar-refractivity contribution in [3.8, 4) is 11.1 Å². The van der Waals surface area contributed by atoms with Crippen LogP contribution in [0.5, 0.6) is 0 Å². The number of alkyl halides is 2. The zero-order valence-corrected chi connectivity index (χ0v) is 19.0. The van der Waals surface area contributed by atoms with Crippen LogP contribution in [-0.4, -0.2) is 48.7 Å². The fourth-order valence-electron chi connectivity index (χ4n) is 4.02. The molecule has 0 aliphatic heterocycles. The van der Waals surface area contributed by atoms with E-state index >= 15 is 0 Å². The van der Waals surface area contributed by atoms with Crippen molar-refractivity contribution >= 4 is 18.0 Å². The molecule has 9 heteroatoms. The molecule has 3 N–H and O–H groups in total. The van der Waals surface area contributed by atoms with Gasteiger partial charge in [0.2, 0.25) is 5.91 Å². The molecule has 3 rings (SSSR count). The molecule has 0 saturated carbocycles. The van der Waals surface area contributed by atoms with E-state index < -0.39 is 42.3 Å². The molecule has 0 fully saturated rings. The monoisotopic (exact) mass is 474 g/mol. The predicted molar refractivity (Wildman–Crippen MR) is 122 cm³/mol. The average Bonchev–Trinajstić information content (AvgIpc) is 3.14. The molecule has 1 aliphatic carbocycles. The SMILES string of the molecule is CCC(C)(CNC(=O)OCC1c2ccccc2-c2ccccc21)C(=O)NC(CC(=O)O)C(F)F. The number of nitrogens with one attached hydrogen (secondary N) is 2. The standard InChI is InChI=1S/C25H28F2N2O5/c1-3-25(2,23(32)29-20(22(26)27)12-21(30)31)14-28-24(33)34-13-19-17-10-6-4-8-15(17)16-9-5-7-11-18(16)19/h4-11,19-20,22H,3,12-14H2,1-2H3,(H,28,33)(H,29,32)(H,30,31). The van der Waals surface area contributed by atoms with Gasteiger partial charge in [-0.2, -0.15) is 0 Å². The third-order valence-corrected chi connectivity index (χ3v) is 6.31. The fraction of sp³-hybridized carbons (Fsp3) is 0.400. The molecular weight excluding hydrogens is 446 g/mol. The molecule has 0 saturated heterocycles. The van der Waals surface area contributed by atoms with Crippen LogP contribution in [0.4, 0.5) is 13.6 Å². The Kier molecular flexibility index (Phi) is 7.86. The summed E-state index contributed by atoms with van der Waals surface area (Å²) in [4.78, 5) is 35.8. The first kappa shape index (κ1) is 25.1. The number of rotatable bonds is 10. The summed E-state index contributed by atoms with van der Waals surface area (Å²) in [5.74, 6) is -2.33. The largest absolute Gasteiger partial charge is 0.481 e. The summed E-state index contributed by atoms with van der Waals surface area (Å²) in [6.45, 7) is 3.12. The number of hydrogen-bond acceptors (Lipinski definition) is 4. The molecule has 182 valence electrons. The van der Waals surface area contributed by atoms with E-state index in [1.54, 1.807) is 6.92 Å². The number of halogens is 2. The van der Waals surface area contributed by atoms with E-state index in [0.717, 1.165) is 22.3 Å². The van der Waals surface area contributed by atoms with Crippen LogP contribution in [-0.2, 0) is 14.3 Å². The molecule has 34 heavy (non-hydrogen) atoms. The van der Waals surface area contributed by atoms with Crippen molar-refractivity contribution in [1.29, 1.82) is 0 Å². The highest BCUT2D eigenvalue weighted by Crippen LogP contribution is 2.44. The Bertz CT molecular complexity index is 1020. The van der Waals surface area contributed by atoms with Gasteiger partial charge in [0.25, 0.3) is 6.43 Å². The summed E-state index contributed by atoms with van der Waals surface area (Å²) < 4.78 is 31.7. The van der Waals surface area contributed by atoms with Gasteiger partial charge in [0, 0.05) is 12.5 Å². The lowest BCUT2D eigenvalue weighted by molar-refractivity contribution is -0.139. The van der Waals surface area contributed by atoms with Gasteiger partial charge in [-0.05, 0) is 35.6 Å². The Hall–Kier alpha value is -3.49. The minimum atomic E-state index is -3.03. The van der Waals surface area contributed by atoms with E-state index in [9.17, 15) is 23.2 Å². The highest BCUT2D eigenvalue weighted by molar-refractivity contribution is 5.84. The average molecular weight is 475 g/mol. The molecule has 7 nitrogen and oxygen atoms in total. The number of aliphatic carboxylic acids is 1. The topological polar surface area (TPSA) is 105 Å². The lowest BCUT2D eigenvalue weighted by Gasteiger charge is -2.29. The van der Waals surface area contributed by atoms with E-state index in [1.165, 1.54) is 6.92 Å². The maximum Gasteiger partial charge on any atom is 0.407 e. The van der Waals surface area contributed by atoms with Gasteiger partial charge in [0.15, 0.2) is 0 Å². The van der Waals surface area contributed by atoms with Crippen LogP contribution in [0.15, 0.2) is 48.5 Å². The number of carbonyl (C=O) groups excluding carboxylic acids is 2. The third-order valence-electron chi connectivity index (χ3n) is 6.31. The first-order valence-corrected chi connectivity index (χ1v) is 11.1. The zero-order valence-electron chi connectivity index (χ0n) is 19.0. The molecule has 1 aliphatic rings. The predicted octanol–water partition coefficient (Wildman–Crippen LogP) is 4.17. The van der Waals surface area contributed by atoms with Crippen molar-refractivity contribution in [3.05, 3.63) is 59.7 Å². The van der Waals surface area contributed by atoms with E-state index in [1.807, 2.05) is 48.5 Å². The highest BCUT2D eigenvalue weighted by Gasteiger charge is 2.36. The Morgan fingerprint density at radius 3 is 2.12 bits per heavy atom. The second-order valence-electron chi connectivity index (χ2n) is 8.61. The molecule has 2 atom stereocenters. The van der Waals surface area contributed by atoms with Gasteiger partial charge >= 0.3 is 12.1 Å². The third kappa shape index (κ3) is 5.52. The second-order valence-corrected chi connectivity index (χ2v) is 8.61. The molecule has 0 aromatic heterocycles. The fourth-order valence-corrected chi connectivity index (χ4v) is 4.02. The summed E-state index contributed by atoms with van der Waals surface area (Å²) in [7, 11) is 0. The van der Waals surface area contributed by atoms with Crippen molar-refractivity contribution in [3.63, 3.8) is 0 Å². The number of carboxylic acids is 1. The van der Waals surface area contributed by atoms with E-state index in [-0.39, 0.29) is 25.5 Å². The van der Waals surface area contributed by atoms with Gasteiger partial charge in [0.05, 0.1) is 11.8 Å². The molecule has 2 aromatic carbocycles. The van der Waals surface area contributed by atoms with Crippen LogP contribution < -0.4 is 10.6 Å². The van der Waals surface area contributed by atoms with E-state index in [4.69, 9.17) is 9.84 Å². The number of ether oxygens (including phenoxy) is 1. The second kappa shape index (κ2) is 10.6. The van der Waals surface area contributed by atoms with E-state index in [2.05, 4.69) is 10.6 Å². The van der Waals surface area contributed by atoms with Crippen LogP contribution in [0.25, 0.3) is 11.1 Å². The first-order valence-electron chi connectivity index (χ1n) is 11.1. The van der Waals surface area contributed by atoms with Crippen LogP contribution in [0.2, 0.25) is 0 Å². The van der Waals surface area contributed by atoms with Crippen LogP contribution >= 0.6 is 0 Å². The van der Waals surface area contributed by atoms with Crippen molar-refractivity contribution in [2.24, 2.45) is 5.41 Å². The van der Waals surface area contributed by atoms with Crippen LogP contribution in [0.1, 0.15) is 43.7 Å². The van der Waals surface area contributed by atoms with Crippen molar-refractivity contribution in [1.82, 2.24) is 10.6 Å². The van der Waals surface area contributed by atoms with Gasteiger partial charge in [-0.15, -0.1) is 0 Å². The molecule has 2 unspecified atom stereocenters.